The number of hydrogen-bond acceptors (Lipinski definition) is 3. The second kappa shape index (κ2) is 2.49. The molecule has 1 aliphatic heterocycles. The Morgan fingerprint density at radius 1 is 1.50 bits per heavy atom. The Balaban J connectivity index is 2.45. The van der Waals surface area contributed by atoms with Gasteiger partial charge in [-0.25, -0.2) is 0 Å². The van der Waals surface area contributed by atoms with Gasteiger partial charge in [0, 0.05) is 20.0 Å². The Hall–Kier alpha value is -0.120. The highest BCUT2D eigenvalue weighted by Crippen LogP contribution is 2.20. The monoisotopic (exact) mass is 145 g/mol. The van der Waals surface area contributed by atoms with E-state index in [-0.39, 0.29) is 0 Å². The maximum Gasteiger partial charge on any atom is 0.221 e. The molecular formula is C7H15NO2. The van der Waals surface area contributed by atoms with Gasteiger partial charge in [0.1, 0.15) is 0 Å². The molecule has 0 spiro atoms. The number of nitrogens with zero attached hydrogens (tertiary/aromatic N) is 1. The fourth-order valence-corrected chi connectivity index (χ4v) is 1.32. The van der Waals surface area contributed by atoms with Crippen LogP contribution in [0.25, 0.3) is 0 Å². The minimum atomic E-state index is -1.61. The fraction of sp³-hybridized carbons (Fsp3) is 1.00. The number of hydrogen-bond donors (Lipinski definition) is 2. The molecule has 1 unspecified atom stereocenters. The SMILES string of the molecule is CC1CCN(C(C)(O)O)C1. The first-order valence-corrected chi connectivity index (χ1v) is 3.70. The van der Waals surface area contributed by atoms with Gasteiger partial charge in [-0.2, -0.15) is 0 Å². The van der Waals surface area contributed by atoms with Crippen LogP contribution < -0.4 is 0 Å². The van der Waals surface area contributed by atoms with Crippen molar-refractivity contribution >= 4 is 0 Å². The van der Waals surface area contributed by atoms with Gasteiger partial charge in [0.15, 0.2) is 0 Å². The van der Waals surface area contributed by atoms with Crippen LogP contribution in [0.15, 0.2) is 0 Å². The molecule has 1 rings (SSSR count). The maximum atomic E-state index is 9.12. The first-order chi connectivity index (χ1) is 4.50. The molecule has 1 aliphatic rings. The summed E-state index contributed by atoms with van der Waals surface area (Å²) in [5.41, 5.74) is 0. The zero-order chi connectivity index (χ0) is 7.78. The molecular weight excluding hydrogens is 130 g/mol. The molecule has 0 radical (unpaired) electrons. The van der Waals surface area contributed by atoms with E-state index in [0.717, 1.165) is 19.5 Å². The van der Waals surface area contributed by atoms with Gasteiger partial charge in [0.25, 0.3) is 0 Å². The summed E-state index contributed by atoms with van der Waals surface area (Å²) >= 11 is 0. The van der Waals surface area contributed by atoms with E-state index in [4.69, 9.17) is 10.2 Å². The van der Waals surface area contributed by atoms with E-state index in [1.807, 2.05) is 0 Å². The summed E-state index contributed by atoms with van der Waals surface area (Å²) in [6, 6.07) is 0. The Morgan fingerprint density at radius 3 is 2.30 bits per heavy atom. The molecule has 3 heteroatoms. The lowest BCUT2D eigenvalue weighted by atomic mass is 10.2. The lowest BCUT2D eigenvalue weighted by Gasteiger charge is -2.27. The molecule has 1 heterocycles. The molecule has 0 aromatic carbocycles. The third-order valence-corrected chi connectivity index (χ3v) is 2.02. The van der Waals surface area contributed by atoms with Crippen molar-refractivity contribution in [3.8, 4) is 0 Å². The van der Waals surface area contributed by atoms with Gasteiger partial charge in [-0.15, -0.1) is 0 Å². The highest BCUT2D eigenvalue weighted by Gasteiger charge is 2.31. The van der Waals surface area contributed by atoms with Crippen LogP contribution in [-0.2, 0) is 0 Å². The smallest absolute Gasteiger partial charge is 0.221 e. The van der Waals surface area contributed by atoms with Crippen molar-refractivity contribution in [2.75, 3.05) is 13.1 Å². The van der Waals surface area contributed by atoms with E-state index in [2.05, 4.69) is 6.92 Å². The Kier molecular flexibility index (Phi) is 1.99. The van der Waals surface area contributed by atoms with Crippen LogP contribution in [-0.4, -0.2) is 34.1 Å². The minimum Gasteiger partial charge on any atom is -0.353 e. The third kappa shape index (κ3) is 1.68. The molecule has 0 amide bonds. The number of rotatable bonds is 1. The molecule has 0 saturated carbocycles. The second-order valence-electron chi connectivity index (χ2n) is 3.31. The summed E-state index contributed by atoms with van der Waals surface area (Å²) in [4.78, 5) is 1.68. The van der Waals surface area contributed by atoms with E-state index in [0.29, 0.717) is 5.92 Å². The number of aliphatic hydroxyl groups is 2. The Morgan fingerprint density at radius 2 is 2.10 bits per heavy atom. The molecule has 2 N–H and O–H groups in total. The molecule has 0 bridgehead atoms. The van der Waals surface area contributed by atoms with Crippen LogP contribution in [0.5, 0.6) is 0 Å². The van der Waals surface area contributed by atoms with Crippen molar-refractivity contribution in [2.24, 2.45) is 5.92 Å². The van der Waals surface area contributed by atoms with E-state index in [9.17, 15) is 0 Å². The van der Waals surface area contributed by atoms with Crippen molar-refractivity contribution in [3.05, 3.63) is 0 Å². The fourth-order valence-electron chi connectivity index (χ4n) is 1.32. The molecule has 3 nitrogen and oxygen atoms in total. The zero-order valence-electron chi connectivity index (χ0n) is 6.54. The normalized spacial score (nSPS) is 29.4. The summed E-state index contributed by atoms with van der Waals surface area (Å²) in [5, 5.41) is 18.2. The lowest BCUT2D eigenvalue weighted by molar-refractivity contribution is -0.244. The van der Waals surface area contributed by atoms with Crippen LogP contribution in [0, 0.1) is 5.92 Å². The summed E-state index contributed by atoms with van der Waals surface area (Å²) in [5.74, 6) is -1.01. The quantitative estimate of drug-likeness (QED) is 0.510. The summed E-state index contributed by atoms with van der Waals surface area (Å²) in [7, 11) is 0. The second-order valence-corrected chi connectivity index (χ2v) is 3.31. The van der Waals surface area contributed by atoms with E-state index in [1.54, 1.807) is 4.90 Å². The van der Waals surface area contributed by atoms with Gasteiger partial charge in [-0.3, -0.25) is 4.90 Å². The molecule has 0 aromatic rings. The van der Waals surface area contributed by atoms with Gasteiger partial charge in [-0.05, 0) is 12.3 Å². The van der Waals surface area contributed by atoms with Gasteiger partial charge in [0.2, 0.25) is 5.91 Å². The molecule has 1 fully saturated rings. The van der Waals surface area contributed by atoms with Crippen LogP contribution >= 0.6 is 0 Å². The van der Waals surface area contributed by atoms with E-state index >= 15 is 0 Å². The van der Waals surface area contributed by atoms with E-state index in [1.165, 1.54) is 6.92 Å². The van der Waals surface area contributed by atoms with Crippen molar-refractivity contribution in [3.63, 3.8) is 0 Å². The lowest BCUT2D eigenvalue weighted by Crippen LogP contribution is -2.44. The van der Waals surface area contributed by atoms with Gasteiger partial charge in [-0.1, -0.05) is 6.92 Å². The molecule has 1 saturated heterocycles. The van der Waals surface area contributed by atoms with Gasteiger partial charge >= 0.3 is 0 Å². The summed E-state index contributed by atoms with van der Waals surface area (Å²) < 4.78 is 0. The van der Waals surface area contributed by atoms with Crippen molar-refractivity contribution in [1.29, 1.82) is 0 Å². The minimum absolute atomic E-state index is 0.596. The van der Waals surface area contributed by atoms with Crippen LogP contribution in [0.1, 0.15) is 20.3 Å². The largest absolute Gasteiger partial charge is 0.353 e. The predicted octanol–water partition coefficient (Wildman–Crippen LogP) is -0.0135. The van der Waals surface area contributed by atoms with Gasteiger partial charge < -0.3 is 10.2 Å². The Bertz CT molecular complexity index is 119. The third-order valence-electron chi connectivity index (χ3n) is 2.02. The van der Waals surface area contributed by atoms with Crippen molar-refractivity contribution < 1.29 is 10.2 Å². The van der Waals surface area contributed by atoms with Crippen molar-refractivity contribution in [1.82, 2.24) is 4.90 Å². The summed E-state index contributed by atoms with van der Waals surface area (Å²) in [6.07, 6.45) is 1.07. The zero-order valence-corrected chi connectivity index (χ0v) is 6.54. The highest BCUT2D eigenvalue weighted by atomic mass is 16.5. The predicted molar refractivity (Wildman–Crippen MR) is 38.2 cm³/mol. The molecule has 0 aromatic heterocycles. The summed E-state index contributed by atoms with van der Waals surface area (Å²) in [6.45, 7) is 5.12. The highest BCUT2D eigenvalue weighted by molar-refractivity contribution is 4.75. The molecule has 60 valence electrons. The van der Waals surface area contributed by atoms with Crippen LogP contribution in [0.3, 0.4) is 0 Å². The van der Waals surface area contributed by atoms with Crippen LogP contribution in [0.2, 0.25) is 0 Å². The van der Waals surface area contributed by atoms with E-state index < -0.39 is 5.91 Å². The van der Waals surface area contributed by atoms with Gasteiger partial charge in [0.05, 0.1) is 0 Å². The maximum absolute atomic E-state index is 9.12. The first kappa shape index (κ1) is 7.98. The topological polar surface area (TPSA) is 43.7 Å². The van der Waals surface area contributed by atoms with Crippen molar-refractivity contribution in [2.45, 2.75) is 26.2 Å². The average Bonchev–Trinajstić information content (AvgIpc) is 2.11. The molecule has 1 atom stereocenters. The van der Waals surface area contributed by atoms with Crippen LogP contribution in [0.4, 0.5) is 0 Å². The number of likely N-dealkylation sites (tertiary alicyclic amines) is 1. The first-order valence-electron chi connectivity index (χ1n) is 3.70. The Labute approximate surface area is 61.3 Å². The standard InChI is InChI=1S/C7H15NO2/c1-6-3-4-8(5-6)7(2,9)10/h6,9-10H,3-5H2,1-2H3. The average molecular weight is 145 g/mol. The molecule has 0 aliphatic carbocycles. The molecule has 10 heavy (non-hydrogen) atoms.